The van der Waals surface area contributed by atoms with Crippen LogP contribution in [-0.2, 0) is 4.74 Å². The topological polar surface area (TPSA) is 21.7 Å². The van der Waals surface area contributed by atoms with Crippen LogP contribution >= 0.6 is 11.6 Å². The minimum Gasteiger partial charge on any atom is -0.492 e. The summed E-state index contributed by atoms with van der Waals surface area (Å²) >= 11 is 5.60. The SMILES string of the molecule is ClCCC#Cc1cccc(OCCN2CCOCC2)c1. The van der Waals surface area contributed by atoms with Crippen LogP contribution in [0.2, 0.25) is 0 Å². The Kier molecular flexibility index (Phi) is 6.73. The molecule has 0 atom stereocenters. The molecule has 0 N–H and O–H groups in total. The summed E-state index contributed by atoms with van der Waals surface area (Å²) in [6.07, 6.45) is 0.712. The third-order valence-corrected chi connectivity index (χ3v) is 3.26. The van der Waals surface area contributed by atoms with Crippen molar-refractivity contribution in [3.8, 4) is 17.6 Å². The first-order valence-corrected chi connectivity index (χ1v) is 7.50. The maximum absolute atomic E-state index is 5.78. The van der Waals surface area contributed by atoms with Crippen molar-refractivity contribution in [3.05, 3.63) is 29.8 Å². The zero-order valence-electron chi connectivity index (χ0n) is 11.6. The van der Waals surface area contributed by atoms with Crippen LogP contribution in [0, 0.1) is 11.8 Å². The Hall–Kier alpha value is -1.21. The van der Waals surface area contributed by atoms with E-state index >= 15 is 0 Å². The van der Waals surface area contributed by atoms with Gasteiger partial charge in [-0.15, -0.1) is 11.6 Å². The zero-order chi connectivity index (χ0) is 14.0. The third kappa shape index (κ3) is 5.42. The Morgan fingerprint density at radius 2 is 2.15 bits per heavy atom. The summed E-state index contributed by atoms with van der Waals surface area (Å²) in [6, 6.07) is 7.89. The number of hydrogen-bond donors (Lipinski definition) is 0. The molecule has 108 valence electrons. The number of nitrogens with zero attached hydrogens (tertiary/aromatic N) is 1. The Balaban J connectivity index is 1.77. The molecule has 1 heterocycles. The second-order valence-electron chi connectivity index (χ2n) is 4.57. The van der Waals surface area contributed by atoms with Crippen LogP contribution in [-0.4, -0.2) is 50.2 Å². The number of ether oxygens (including phenoxy) is 2. The van der Waals surface area contributed by atoms with Gasteiger partial charge < -0.3 is 9.47 Å². The average molecular weight is 294 g/mol. The van der Waals surface area contributed by atoms with Crippen LogP contribution in [0.3, 0.4) is 0 Å². The van der Waals surface area contributed by atoms with Crippen LogP contribution in [0.4, 0.5) is 0 Å². The predicted octanol–water partition coefficient (Wildman–Crippen LogP) is 2.38. The standard InChI is InChI=1S/C16H20ClNO2/c17-7-2-1-4-15-5-3-6-16(14-15)20-13-10-18-8-11-19-12-9-18/h3,5-6,14H,2,7-13H2. The van der Waals surface area contributed by atoms with Crippen molar-refractivity contribution in [3.63, 3.8) is 0 Å². The van der Waals surface area contributed by atoms with Gasteiger partial charge in [-0.25, -0.2) is 0 Å². The third-order valence-electron chi connectivity index (χ3n) is 3.07. The molecule has 0 aromatic heterocycles. The Bertz CT molecular complexity index is 461. The summed E-state index contributed by atoms with van der Waals surface area (Å²) in [4.78, 5) is 2.35. The van der Waals surface area contributed by atoms with E-state index in [0.29, 0.717) is 18.9 Å². The predicted molar refractivity (Wildman–Crippen MR) is 81.4 cm³/mol. The lowest BCUT2D eigenvalue weighted by atomic mass is 10.2. The van der Waals surface area contributed by atoms with Crippen LogP contribution in [0.5, 0.6) is 5.75 Å². The Labute approximate surface area is 125 Å². The van der Waals surface area contributed by atoms with Gasteiger partial charge in [-0.3, -0.25) is 4.90 Å². The molecule has 0 unspecified atom stereocenters. The number of alkyl halides is 1. The number of rotatable bonds is 5. The van der Waals surface area contributed by atoms with Gasteiger partial charge in [0.15, 0.2) is 0 Å². The lowest BCUT2D eigenvalue weighted by Crippen LogP contribution is -2.38. The smallest absolute Gasteiger partial charge is 0.120 e. The van der Waals surface area contributed by atoms with Gasteiger partial charge in [0.25, 0.3) is 0 Å². The van der Waals surface area contributed by atoms with E-state index in [9.17, 15) is 0 Å². The molecule has 1 fully saturated rings. The second kappa shape index (κ2) is 8.86. The van der Waals surface area contributed by atoms with Crippen molar-refractivity contribution in [2.45, 2.75) is 6.42 Å². The first-order chi connectivity index (χ1) is 9.88. The maximum atomic E-state index is 5.78. The summed E-state index contributed by atoms with van der Waals surface area (Å²) in [5.74, 6) is 7.55. The molecule has 0 amide bonds. The number of morpholine rings is 1. The molecule has 0 saturated carbocycles. The molecule has 3 nitrogen and oxygen atoms in total. The summed E-state index contributed by atoms with van der Waals surface area (Å²) in [5, 5.41) is 0. The molecule has 0 radical (unpaired) electrons. The van der Waals surface area contributed by atoms with E-state index in [2.05, 4.69) is 16.7 Å². The van der Waals surface area contributed by atoms with Crippen molar-refractivity contribution in [2.24, 2.45) is 0 Å². The van der Waals surface area contributed by atoms with E-state index in [4.69, 9.17) is 21.1 Å². The largest absolute Gasteiger partial charge is 0.492 e. The highest BCUT2D eigenvalue weighted by Gasteiger charge is 2.09. The number of halogens is 1. The number of benzene rings is 1. The van der Waals surface area contributed by atoms with Gasteiger partial charge in [0.05, 0.1) is 13.2 Å². The molecular weight excluding hydrogens is 274 g/mol. The number of hydrogen-bond acceptors (Lipinski definition) is 3. The van der Waals surface area contributed by atoms with Gasteiger partial charge in [-0.05, 0) is 18.2 Å². The Morgan fingerprint density at radius 3 is 2.95 bits per heavy atom. The maximum Gasteiger partial charge on any atom is 0.120 e. The molecule has 1 aromatic rings. The van der Waals surface area contributed by atoms with E-state index < -0.39 is 0 Å². The van der Waals surface area contributed by atoms with Crippen LogP contribution < -0.4 is 4.74 Å². The van der Waals surface area contributed by atoms with Crippen molar-refractivity contribution < 1.29 is 9.47 Å². The van der Waals surface area contributed by atoms with Crippen molar-refractivity contribution in [1.29, 1.82) is 0 Å². The van der Waals surface area contributed by atoms with Crippen LogP contribution in [0.1, 0.15) is 12.0 Å². The van der Waals surface area contributed by atoms with E-state index in [1.165, 1.54) is 0 Å². The first-order valence-electron chi connectivity index (χ1n) is 6.96. The van der Waals surface area contributed by atoms with Gasteiger partial charge in [0.1, 0.15) is 12.4 Å². The highest BCUT2D eigenvalue weighted by atomic mass is 35.5. The van der Waals surface area contributed by atoms with Crippen LogP contribution in [0.25, 0.3) is 0 Å². The lowest BCUT2D eigenvalue weighted by molar-refractivity contribution is 0.0322. The van der Waals surface area contributed by atoms with Gasteiger partial charge in [0, 0.05) is 37.5 Å². The fourth-order valence-electron chi connectivity index (χ4n) is 1.99. The molecule has 1 saturated heterocycles. The summed E-state index contributed by atoms with van der Waals surface area (Å²) in [5.41, 5.74) is 0.971. The highest BCUT2D eigenvalue weighted by Crippen LogP contribution is 2.12. The molecule has 1 aliphatic heterocycles. The molecule has 4 heteroatoms. The molecule has 1 aliphatic rings. The minimum absolute atomic E-state index is 0.572. The minimum atomic E-state index is 0.572. The average Bonchev–Trinajstić information content (AvgIpc) is 2.49. The van der Waals surface area contributed by atoms with Crippen LogP contribution in [0.15, 0.2) is 24.3 Å². The summed E-state index contributed by atoms with van der Waals surface area (Å²) in [7, 11) is 0. The van der Waals surface area contributed by atoms with Crippen molar-refractivity contribution in [2.75, 3.05) is 45.3 Å². The van der Waals surface area contributed by atoms with Gasteiger partial charge in [0.2, 0.25) is 0 Å². The van der Waals surface area contributed by atoms with Gasteiger partial charge in [-0.1, -0.05) is 17.9 Å². The van der Waals surface area contributed by atoms with E-state index in [0.717, 1.165) is 44.2 Å². The van der Waals surface area contributed by atoms with E-state index in [1.54, 1.807) is 0 Å². The lowest BCUT2D eigenvalue weighted by Gasteiger charge is -2.26. The molecule has 0 spiro atoms. The van der Waals surface area contributed by atoms with Gasteiger partial charge in [-0.2, -0.15) is 0 Å². The van der Waals surface area contributed by atoms with E-state index in [-0.39, 0.29) is 0 Å². The fraction of sp³-hybridized carbons (Fsp3) is 0.500. The molecule has 20 heavy (non-hydrogen) atoms. The summed E-state index contributed by atoms with van der Waals surface area (Å²) in [6.45, 7) is 5.27. The highest BCUT2D eigenvalue weighted by molar-refractivity contribution is 6.18. The van der Waals surface area contributed by atoms with Crippen molar-refractivity contribution >= 4 is 11.6 Å². The monoisotopic (exact) mass is 293 g/mol. The molecule has 2 rings (SSSR count). The normalized spacial score (nSPS) is 15.4. The first kappa shape index (κ1) is 15.2. The zero-order valence-corrected chi connectivity index (χ0v) is 12.4. The Morgan fingerprint density at radius 1 is 1.30 bits per heavy atom. The fourth-order valence-corrected chi connectivity index (χ4v) is 2.09. The van der Waals surface area contributed by atoms with Crippen molar-refractivity contribution in [1.82, 2.24) is 4.90 Å². The van der Waals surface area contributed by atoms with E-state index in [1.807, 2.05) is 24.3 Å². The molecule has 0 aliphatic carbocycles. The molecule has 0 bridgehead atoms. The van der Waals surface area contributed by atoms with Gasteiger partial charge >= 0.3 is 0 Å². The quantitative estimate of drug-likeness (QED) is 0.615. The second-order valence-corrected chi connectivity index (χ2v) is 4.95. The molecule has 1 aromatic carbocycles. The summed E-state index contributed by atoms with van der Waals surface area (Å²) < 4.78 is 11.1. The molecular formula is C16H20ClNO2.